The first-order chi connectivity index (χ1) is 16.5. The maximum Gasteiger partial charge on any atom is 0.250 e. The van der Waals surface area contributed by atoms with Gasteiger partial charge in [-0.25, -0.2) is 4.39 Å². The van der Waals surface area contributed by atoms with Gasteiger partial charge in [0.25, 0.3) is 0 Å². The smallest absolute Gasteiger partial charge is 0.250 e. The molecule has 35 heavy (non-hydrogen) atoms. The highest BCUT2D eigenvalue weighted by Crippen LogP contribution is 2.40. The average Bonchev–Trinajstić information content (AvgIpc) is 3.28. The molecular formula is C28H34BFN2O2Si. The summed E-state index contributed by atoms with van der Waals surface area (Å²) in [4.78, 5) is 18.3. The Bertz CT molecular complexity index is 1300. The Kier molecular flexibility index (Phi) is 6.91. The predicted molar refractivity (Wildman–Crippen MR) is 148 cm³/mol. The molecule has 4 nitrogen and oxygen atoms in total. The van der Waals surface area contributed by atoms with Crippen LogP contribution in [0, 0.1) is 5.82 Å². The second kappa shape index (κ2) is 9.61. The fourth-order valence-electron chi connectivity index (χ4n) is 4.35. The molecule has 0 aromatic heterocycles. The van der Waals surface area contributed by atoms with Gasteiger partial charge in [-0.15, -0.1) is 0 Å². The Morgan fingerprint density at radius 3 is 2.49 bits per heavy atom. The van der Waals surface area contributed by atoms with Gasteiger partial charge in [0.05, 0.1) is 6.54 Å². The molecule has 0 N–H and O–H groups in total. The van der Waals surface area contributed by atoms with Crippen LogP contribution in [0.15, 0.2) is 59.6 Å². The van der Waals surface area contributed by atoms with Gasteiger partial charge < -0.3 is 9.33 Å². The molecule has 3 aromatic rings. The van der Waals surface area contributed by atoms with Crippen LogP contribution in [0.1, 0.15) is 37.5 Å². The summed E-state index contributed by atoms with van der Waals surface area (Å²) >= 11 is 0. The van der Waals surface area contributed by atoms with Crippen molar-refractivity contribution in [3.05, 3.63) is 77.1 Å². The number of amidine groups is 1. The second-order valence-electron chi connectivity index (χ2n) is 10.8. The summed E-state index contributed by atoms with van der Waals surface area (Å²) in [6, 6.07) is 17.5. The summed E-state index contributed by atoms with van der Waals surface area (Å²) in [5, 5.41) is 2.33. The number of nitrogens with zero attached hydrogens (tertiary/aromatic N) is 2. The Balaban J connectivity index is 1.74. The molecule has 1 aliphatic heterocycles. The minimum absolute atomic E-state index is 0.0609. The zero-order valence-corrected chi connectivity index (χ0v) is 22.6. The third-order valence-electron chi connectivity index (χ3n) is 7.37. The zero-order chi connectivity index (χ0) is 25.4. The standard InChI is InChI=1S/C28H34BFN2O2Si/c1-28(2,3)35(4,5)34-25-16-13-19-9-6-7-10-20(19)22(25)15-14-21-23(11-8-12-24(21)30)26-31-17-18-32(26)27(29)33/h6-13,16H,14-15,17-18,29H2,1-5H3. The van der Waals surface area contributed by atoms with Gasteiger partial charge in [0.15, 0.2) is 5.81 Å². The first-order valence-corrected chi connectivity index (χ1v) is 15.2. The summed E-state index contributed by atoms with van der Waals surface area (Å²) < 4.78 is 22.0. The average molecular weight is 488 g/mol. The van der Waals surface area contributed by atoms with E-state index < -0.39 is 8.32 Å². The molecule has 0 spiro atoms. The fraction of sp³-hybridized carbons (Fsp3) is 0.357. The van der Waals surface area contributed by atoms with E-state index in [2.05, 4.69) is 63.1 Å². The van der Waals surface area contributed by atoms with E-state index in [-0.39, 0.29) is 16.7 Å². The lowest BCUT2D eigenvalue weighted by Crippen LogP contribution is -2.44. The van der Waals surface area contributed by atoms with Crippen LogP contribution < -0.4 is 4.43 Å². The summed E-state index contributed by atoms with van der Waals surface area (Å²) in [6.45, 7) is 12.3. The number of carbonyl (C=O) groups excluding carboxylic acids is 1. The molecule has 7 heteroatoms. The van der Waals surface area contributed by atoms with Gasteiger partial charge in [0, 0.05) is 17.7 Å². The van der Waals surface area contributed by atoms with Crippen molar-refractivity contribution < 1.29 is 13.6 Å². The molecule has 1 aliphatic rings. The van der Waals surface area contributed by atoms with Crippen molar-refractivity contribution >= 4 is 38.6 Å². The van der Waals surface area contributed by atoms with Gasteiger partial charge in [-0.05, 0) is 59.4 Å². The normalized spacial score (nSPS) is 14.3. The van der Waals surface area contributed by atoms with Crippen molar-refractivity contribution in [3.63, 3.8) is 0 Å². The number of hydrogen-bond donors (Lipinski definition) is 0. The molecule has 0 bridgehead atoms. The molecule has 0 saturated carbocycles. The first-order valence-electron chi connectivity index (χ1n) is 12.3. The van der Waals surface area contributed by atoms with Crippen molar-refractivity contribution in [3.8, 4) is 5.75 Å². The fourth-order valence-corrected chi connectivity index (χ4v) is 5.40. The van der Waals surface area contributed by atoms with Crippen LogP contribution in [0.25, 0.3) is 10.8 Å². The third-order valence-corrected chi connectivity index (χ3v) is 11.7. The molecule has 0 radical (unpaired) electrons. The molecule has 4 rings (SSSR count). The first kappa shape index (κ1) is 25.2. The van der Waals surface area contributed by atoms with Crippen molar-refractivity contribution in [2.24, 2.45) is 4.99 Å². The summed E-state index contributed by atoms with van der Waals surface area (Å²) in [6.07, 6.45) is 1.10. The van der Waals surface area contributed by atoms with E-state index in [9.17, 15) is 4.79 Å². The third kappa shape index (κ3) is 5.06. The van der Waals surface area contributed by atoms with E-state index in [1.54, 1.807) is 11.0 Å². The summed E-state index contributed by atoms with van der Waals surface area (Å²) in [7, 11) is -0.547. The van der Waals surface area contributed by atoms with E-state index >= 15 is 4.39 Å². The predicted octanol–water partition coefficient (Wildman–Crippen LogP) is 5.96. The Morgan fingerprint density at radius 2 is 1.77 bits per heavy atom. The highest BCUT2D eigenvalue weighted by atomic mass is 28.4. The maximum atomic E-state index is 15.2. The largest absolute Gasteiger partial charge is 0.543 e. The minimum Gasteiger partial charge on any atom is -0.543 e. The number of halogens is 1. The van der Waals surface area contributed by atoms with E-state index in [0.29, 0.717) is 42.9 Å². The number of hydrogen-bond acceptors (Lipinski definition) is 3. The van der Waals surface area contributed by atoms with E-state index in [1.165, 1.54) is 13.9 Å². The number of aryl methyl sites for hydroxylation is 1. The quantitative estimate of drug-likeness (QED) is 0.402. The SMILES string of the molecule is BC(=O)N1CCN=C1c1cccc(F)c1CCc1c(O[Si](C)(C)C(C)(C)C)ccc2ccccc12. The van der Waals surface area contributed by atoms with Gasteiger partial charge in [-0.1, -0.05) is 63.2 Å². The Labute approximate surface area is 209 Å². The van der Waals surface area contributed by atoms with Gasteiger partial charge in [-0.3, -0.25) is 9.79 Å². The highest BCUT2D eigenvalue weighted by Gasteiger charge is 2.39. The number of carbonyl (C=O) groups is 1. The van der Waals surface area contributed by atoms with Gasteiger partial charge >= 0.3 is 0 Å². The molecule has 0 aliphatic carbocycles. The molecule has 182 valence electrons. The van der Waals surface area contributed by atoms with Crippen molar-refractivity contribution in [1.29, 1.82) is 0 Å². The number of rotatable bonds is 6. The van der Waals surface area contributed by atoms with Gasteiger partial charge in [-0.2, -0.15) is 0 Å². The van der Waals surface area contributed by atoms with Crippen LogP contribution in [0.4, 0.5) is 9.18 Å². The maximum absolute atomic E-state index is 15.2. The topological polar surface area (TPSA) is 41.9 Å². The van der Waals surface area contributed by atoms with E-state index in [0.717, 1.165) is 22.1 Å². The minimum atomic E-state index is -2.07. The lowest BCUT2D eigenvalue weighted by Gasteiger charge is -2.37. The van der Waals surface area contributed by atoms with Crippen molar-refractivity contribution in [2.75, 3.05) is 13.1 Å². The van der Waals surface area contributed by atoms with E-state index in [4.69, 9.17) is 4.43 Å². The number of aliphatic imine (C=N–C) groups is 1. The molecule has 0 fully saturated rings. The van der Waals surface area contributed by atoms with Crippen LogP contribution in [-0.4, -0.2) is 45.8 Å². The molecule has 0 unspecified atom stereocenters. The lowest BCUT2D eigenvalue weighted by molar-refractivity contribution is 0.245. The van der Waals surface area contributed by atoms with Crippen molar-refractivity contribution in [2.45, 2.75) is 51.7 Å². The van der Waals surface area contributed by atoms with Gasteiger partial charge in [0.2, 0.25) is 16.2 Å². The van der Waals surface area contributed by atoms with Crippen LogP contribution >= 0.6 is 0 Å². The number of fused-ring (bicyclic) bond motifs is 1. The Hall–Kier alpha value is -2.93. The van der Waals surface area contributed by atoms with Crippen LogP contribution in [0.3, 0.4) is 0 Å². The molecule has 1 heterocycles. The number of benzene rings is 3. The van der Waals surface area contributed by atoms with Crippen molar-refractivity contribution in [1.82, 2.24) is 4.90 Å². The summed E-state index contributed by atoms with van der Waals surface area (Å²) in [5.74, 6) is 1.11. The highest BCUT2D eigenvalue weighted by molar-refractivity contribution is 6.74. The summed E-state index contributed by atoms with van der Waals surface area (Å²) in [5.41, 5.74) is 2.38. The second-order valence-corrected chi connectivity index (χ2v) is 15.5. The van der Waals surface area contributed by atoms with Crippen LogP contribution in [0.2, 0.25) is 18.1 Å². The van der Waals surface area contributed by atoms with Gasteiger partial charge in [0.1, 0.15) is 17.4 Å². The Morgan fingerprint density at radius 1 is 1.06 bits per heavy atom. The van der Waals surface area contributed by atoms with Crippen LogP contribution in [-0.2, 0) is 12.8 Å². The number of amides is 1. The molecular weight excluding hydrogens is 454 g/mol. The molecule has 1 amide bonds. The molecule has 0 atom stereocenters. The van der Waals surface area contributed by atoms with Crippen LogP contribution in [0.5, 0.6) is 5.75 Å². The zero-order valence-electron chi connectivity index (χ0n) is 21.6. The molecule has 0 saturated heterocycles. The monoisotopic (exact) mass is 488 g/mol. The lowest BCUT2D eigenvalue weighted by atomic mass is 9.94. The van der Waals surface area contributed by atoms with E-state index in [1.807, 2.05) is 18.2 Å². The molecule has 3 aromatic carbocycles.